The third-order valence-corrected chi connectivity index (χ3v) is 8.10. The average Bonchev–Trinajstić information content (AvgIpc) is 3.34. The number of H-pyrrole nitrogens is 1. The van der Waals surface area contributed by atoms with E-state index in [2.05, 4.69) is 25.8 Å². The topological polar surface area (TPSA) is 120 Å². The van der Waals surface area contributed by atoms with Crippen LogP contribution in [0.5, 0.6) is 0 Å². The number of carbonyl (C=O) groups is 1. The summed E-state index contributed by atoms with van der Waals surface area (Å²) in [5.74, 6) is -0.0428. The molecule has 3 heterocycles. The second-order valence-electron chi connectivity index (χ2n) is 9.03. The van der Waals surface area contributed by atoms with Gasteiger partial charge in [-0.15, -0.1) is 0 Å². The van der Waals surface area contributed by atoms with E-state index >= 15 is 0 Å². The van der Waals surface area contributed by atoms with E-state index in [1.807, 2.05) is 45.2 Å². The van der Waals surface area contributed by atoms with Crippen molar-refractivity contribution < 1.29 is 13.2 Å². The summed E-state index contributed by atoms with van der Waals surface area (Å²) in [5.41, 5.74) is 3.95. The van der Waals surface area contributed by atoms with Crippen molar-refractivity contribution in [3.63, 3.8) is 0 Å². The van der Waals surface area contributed by atoms with Crippen LogP contribution < -0.4 is 10.6 Å². The third-order valence-electron chi connectivity index (χ3n) is 6.02. The molecule has 0 radical (unpaired) electrons. The van der Waals surface area contributed by atoms with Crippen molar-refractivity contribution in [3.05, 3.63) is 42.4 Å². The summed E-state index contributed by atoms with van der Waals surface area (Å²) in [4.78, 5) is 17.9. The van der Waals surface area contributed by atoms with E-state index in [9.17, 15) is 13.2 Å². The fourth-order valence-electron chi connectivity index (χ4n) is 4.33. The van der Waals surface area contributed by atoms with Gasteiger partial charge in [-0.05, 0) is 50.8 Å². The molecule has 0 bridgehead atoms. The average molecular weight is 485 g/mol. The van der Waals surface area contributed by atoms with E-state index in [4.69, 9.17) is 0 Å². The molecule has 0 spiro atoms. The number of carbonyl (C=O) groups excluding carboxylic acids is 1. The Kier molecular flexibility index (Phi) is 7.18. The molecule has 4 rings (SSSR count). The highest BCUT2D eigenvalue weighted by molar-refractivity contribution is 7.89. The van der Waals surface area contributed by atoms with Crippen LogP contribution in [0.1, 0.15) is 50.4 Å². The maximum absolute atomic E-state index is 13.3. The number of pyridine rings is 1. The highest BCUT2D eigenvalue weighted by atomic mass is 32.2. The van der Waals surface area contributed by atoms with Gasteiger partial charge in [-0.25, -0.2) is 12.7 Å². The molecule has 0 atom stereocenters. The number of sulfonamides is 1. The smallest absolute Gasteiger partial charge is 0.255 e. The molecule has 10 heteroatoms. The number of piperidine rings is 1. The Morgan fingerprint density at radius 3 is 2.62 bits per heavy atom. The second kappa shape index (κ2) is 10.1. The molecule has 1 aromatic carbocycles. The Hall–Kier alpha value is -2.98. The number of benzene rings is 1. The van der Waals surface area contributed by atoms with Gasteiger partial charge in [0.25, 0.3) is 5.91 Å². The van der Waals surface area contributed by atoms with E-state index < -0.39 is 10.0 Å². The monoisotopic (exact) mass is 484 g/mol. The van der Waals surface area contributed by atoms with E-state index in [0.717, 1.165) is 27.7 Å². The van der Waals surface area contributed by atoms with E-state index in [-0.39, 0.29) is 23.7 Å². The summed E-state index contributed by atoms with van der Waals surface area (Å²) in [6.45, 7) is 6.77. The summed E-state index contributed by atoms with van der Waals surface area (Å²) in [5, 5.41) is 14.3. The fraction of sp³-hybridized carbons (Fsp3) is 0.458. The number of hydrogen-bond acceptors (Lipinski definition) is 6. The minimum Gasteiger partial charge on any atom is -0.382 e. The standard InChI is InChI=1S/C24H32N6O3S/c1-4-11-34(32,33)30-9-7-19(8-10-30)29-24(31)21-15-25-22-6-5-17(18-13-26-27-14-18)12-20(22)23(21)28-16(2)3/h5-6,12-16,19H,4,7-11H2,1-3H3,(H,25,28)(H,26,27)(H,29,31). The lowest BCUT2D eigenvalue weighted by Crippen LogP contribution is -2.47. The zero-order valence-corrected chi connectivity index (χ0v) is 20.7. The zero-order valence-electron chi connectivity index (χ0n) is 19.8. The van der Waals surface area contributed by atoms with Gasteiger partial charge < -0.3 is 10.6 Å². The summed E-state index contributed by atoms with van der Waals surface area (Å²) in [6.07, 6.45) is 6.98. The molecule has 1 fully saturated rings. The van der Waals surface area contributed by atoms with Crippen molar-refractivity contribution in [2.75, 3.05) is 24.2 Å². The first-order valence-electron chi connectivity index (χ1n) is 11.8. The molecule has 1 aliphatic heterocycles. The Morgan fingerprint density at radius 2 is 1.97 bits per heavy atom. The van der Waals surface area contributed by atoms with Crippen LogP contribution in [0.15, 0.2) is 36.8 Å². The molecule has 3 N–H and O–H groups in total. The molecule has 0 saturated carbocycles. The minimum atomic E-state index is -3.21. The first-order chi connectivity index (χ1) is 16.3. The maximum atomic E-state index is 13.3. The van der Waals surface area contributed by atoms with Gasteiger partial charge >= 0.3 is 0 Å². The largest absolute Gasteiger partial charge is 0.382 e. The number of aromatic nitrogens is 3. The minimum absolute atomic E-state index is 0.0829. The molecule has 0 aliphatic carbocycles. The number of amides is 1. The lowest BCUT2D eigenvalue weighted by Gasteiger charge is -2.31. The van der Waals surface area contributed by atoms with Gasteiger partial charge in [0.15, 0.2) is 0 Å². The van der Waals surface area contributed by atoms with Crippen molar-refractivity contribution >= 4 is 32.5 Å². The molecule has 9 nitrogen and oxygen atoms in total. The molecular weight excluding hydrogens is 452 g/mol. The summed E-state index contributed by atoms with van der Waals surface area (Å²) < 4.78 is 26.2. The van der Waals surface area contributed by atoms with Crippen molar-refractivity contribution in [3.8, 4) is 11.1 Å². The molecule has 0 unspecified atom stereocenters. The SMILES string of the molecule is CCCS(=O)(=O)N1CCC(NC(=O)c2cnc3ccc(-c4cn[nH]c4)cc3c2NC(C)C)CC1. The molecular formula is C24H32N6O3S. The van der Waals surface area contributed by atoms with E-state index in [1.54, 1.807) is 16.7 Å². The Morgan fingerprint density at radius 1 is 1.21 bits per heavy atom. The van der Waals surface area contributed by atoms with Gasteiger partial charge in [0, 0.05) is 48.5 Å². The first kappa shape index (κ1) is 24.2. The summed E-state index contributed by atoms with van der Waals surface area (Å²) >= 11 is 0. The predicted octanol–water partition coefficient (Wildman–Crippen LogP) is 3.38. The first-order valence-corrected chi connectivity index (χ1v) is 13.4. The van der Waals surface area contributed by atoms with Crippen LogP contribution in [0, 0.1) is 0 Å². The van der Waals surface area contributed by atoms with Gasteiger partial charge in [-0.1, -0.05) is 13.0 Å². The van der Waals surface area contributed by atoms with Crippen molar-refractivity contribution in [2.24, 2.45) is 0 Å². The van der Waals surface area contributed by atoms with Crippen LogP contribution in [-0.2, 0) is 10.0 Å². The molecule has 182 valence electrons. The highest BCUT2D eigenvalue weighted by Gasteiger charge is 2.29. The van der Waals surface area contributed by atoms with Gasteiger partial charge in [0.1, 0.15) is 0 Å². The van der Waals surface area contributed by atoms with Crippen molar-refractivity contribution in [1.29, 1.82) is 0 Å². The zero-order chi connectivity index (χ0) is 24.3. The van der Waals surface area contributed by atoms with Crippen LogP contribution in [0.4, 0.5) is 5.69 Å². The Labute approximate surface area is 200 Å². The number of nitrogens with zero attached hydrogens (tertiary/aromatic N) is 3. The van der Waals surface area contributed by atoms with Crippen LogP contribution in [0.2, 0.25) is 0 Å². The number of anilines is 1. The van der Waals surface area contributed by atoms with Crippen LogP contribution >= 0.6 is 0 Å². The normalized spacial score (nSPS) is 15.6. The highest BCUT2D eigenvalue weighted by Crippen LogP contribution is 2.31. The second-order valence-corrected chi connectivity index (χ2v) is 11.1. The van der Waals surface area contributed by atoms with Crippen molar-refractivity contribution in [2.45, 2.75) is 52.1 Å². The third kappa shape index (κ3) is 5.23. The fourth-order valence-corrected chi connectivity index (χ4v) is 5.87. The summed E-state index contributed by atoms with van der Waals surface area (Å²) in [7, 11) is -3.21. The number of rotatable bonds is 8. The molecule has 3 aromatic rings. The Bertz CT molecular complexity index is 1250. The van der Waals surface area contributed by atoms with Crippen LogP contribution in [0.25, 0.3) is 22.0 Å². The molecule has 1 saturated heterocycles. The lowest BCUT2D eigenvalue weighted by atomic mass is 10.0. The van der Waals surface area contributed by atoms with Gasteiger partial charge in [0.2, 0.25) is 10.0 Å². The number of hydrogen-bond donors (Lipinski definition) is 3. The number of aromatic amines is 1. The Balaban J connectivity index is 1.57. The molecule has 34 heavy (non-hydrogen) atoms. The molecule has 2 aromatic heterocycles. The number of nitrogens with one attached hydrogen (secondary N) is 3. The van der Waals surface area contributed by atoms with E-state index in [1.165, 1.54) is 0 Å². The maximum Gasteiger partial charge on any atom is 0.255 e. The number of fused-ring (bicyclic) bond motifs is 1. The van der Waals surface area contributed by atoms with Gasteiger partial charge in [0.05, 0.1) is 28.7 Å². The quantitative estimate of drug-likeness (QED) is 0.451. The van der Waals surface area contributed by atoms with Crippen LogP contribution in [-0.4, -0.2) is 64.7 Å². The van der Waals surface area contributed by atoms with Crippen LogP contribution in [0.3, 0.4) is 0 Å². The lowest BCUT2D eigenvalue weighted by molar-refractivity contribution is 0.0924. The molecule has 1 amide bonds. The van der Waals surface area contributed by atoms with Crippen molar-refractivity contribution in [1.82, 2.24) is 24.8 Å². The van der Waals surface area contributed by atoms with E-state index in [0.29, 0.717) is 37.9 Å². The summed E-state index contributed by atoms with van der Waals surface area (Å²) in [6, 6.07) is 5.98. The molecule has 1 aliphatic rings. The predicted molar refractivity (Wildman–Crippen MR) is 134 cm³/mol. The van der Waals surface area contributed by atoms with Gasteiger partial charge in [-0.2, -0.15) is 5.10 Å². The van der Waals surface area contributed by atoms with Gasteiger partial charge in [-0.3, -0.25) is 14.9 Å².